The molecule has 1 aliphatic heterocycles. The first kappa shape index (κ1) is 20.5. The highest BCUT2D eigenvalue weighted by Gasteiger charge is 2.35. The number of imide groups is 2. The van der Waals surface area contributed by atoms with Gasteiger partial charge in [-0.3, -0.25) is 29.4 Å². The van der Waals surface area contributed by atoms with Crippen molar-refractivity contribution in [3.63, 3.8) is 0 Å². The van der Waals surface area contributed by atoms with Gasteiger partial charge in [-0.1, -0.05) is 0 Å². The van der Waals surface area contributed by atoms with Crippen molar-refractivity contribution in [3.05, 3.63) is 29.3 Å². The number of aryl methyl sites for hydroxylation is 1. The molecule has 1 saturated heterocycles. The Morgan fingerprint density at radius 3 is 2.81 bits per heavy atom. The highest BCUT2D eigenvalue weighted by Crippen LogP contribution is 2.19. The van der Waals surface area contributed by atoms with Gasteiger partial charge in [0.25, 0.3) is 5.91 Å². The number of nitrogens with zero attached hydrogens (tertiary/aromatic N) is 1. The molecule has 0 spiro atoms. The third-order valence-electron chi connectivity index (χ3n) is 4.16. The summed E-state index contributed by atoms with van der Waals surface area (Å²) in [7, 11) is 0. The van der Waals surface area contributed by atoms with Crippen LogP contribution in [0.5, 0.6) is 0 Å². The Balaban J connectivity index is 2.05. The van der Waals surface area contributed by atoms with E-state index >= 15 is 0 Å². The quantitative estimate of drug-likeness (QED) is 0.310. The van der Waals surface area contributed by atoms with E-state index in [1.807, 2.05) is 0 Å². The molecule has 1 atom stereocenters. The summed E-state index contributed by atoms with van der Waals surface area (Å²) < 4.78 is 5.15. The minimum absolute atomic E-state index is 0.0314. The number of aliphatic hydroxyl groups excluding tert-OH is 1. The molecule has 0 radical (unpaired) electrons. The second-order valence-corrected chi connectivity index (χ2v) is 6.08. The van der Waals surface area contributed by atoms with Crippen LogP contribution in [0.2, 0.25) is 0 Å². The van der Waals surface area contributed by atoms with Crippen LogP contribution >= 0.6 is 0 Å². The van der Waals surface area contributed by atoms with Crippen LogP contribution in [0.25, 0.3) is 0 Å². The third-order valence-corrected chi connectivity index (χ3v) is 4.16. The molecule has 0 aliphatic carbocycles. The summed E-state index contributed by atoms with van der Waals surface area (Å²) in [4.78, 5) is 48.2. The minimum Gasteiger partial charge on any atom is -0.394 e. The van der Waals surface area contributed by atoms with Gasteiger partial charge in [-0.2, -0.15) is 0 Å². The van der Waals surface area contributed by atoms with Crippen molar-refractivity contribution in [1.82, 2.24) is 10.2 Å². The summed E-state index contributed by atoms with van der Waals surface area (Å²) in [5.41, 5.74) is 1.71. The van der Waals surface area contributed by atoms with Crippen LogP contribution < -0.4 is 10.6 Å². The van der Waals surface area contributed by atoms with Crippen molar-refractivity contribution in [2.45, 2.75) is 25.8 Å². The molecule has 4 amide bonds. The van der Waals surface area contributed by atoms with Crippen LogP contribution in [0.15, 0.2) is 18.2 Å². The largest absolute Gasteiger partial charge is 0.394 e. The highest BCUT2D eigenvalue weighted by atomic mass is 16.5. The van der Waals surface area contributed by atoms with E-state index in [0.29, 0.717) is 30.7 Å². The van der Waals surface area contributed by atoms with Crippen molar-refractivity contribution in [2.24, 2.45) is 0 Å². The topological polar surface area (TPSA) is 125 Å². The SMILES string of the molecule is Cc1cc(NCCOCCO)ccc1C(=O)N(C=O)C1CCC(=O)NC1=O. The molecular weight excluding hydrogens is 354 g/mol. The molecule has 1 fully saturated rings. The fourth-order valence-corrected chi connectivity index (χ4v) is 2.80. The number of ether oxygens (including phenoxy) is 1. The molecule has 1 aromatic rings. The first-order valence-corrected chi connectivity index (χ1v) is 8.62. The number of carbonyl (C=O) groups is 4. The average molecular weight is 377 g/mol. The predicted molar refractivity (Wildman–Crippen MR) is 96.0 cm³/mol. The van der Waals surface area contributed by atoms with Crippen molar-refractivity contribution >= 4 is 29.8 Å². The number of nitrogens with one attached hydrogen (secondary N) is 2. The second kappa shape index (κ2) is 9.79. The van der Waals surface area contributed by atoms with Crippen molar-refractivity contribution < 1.29 is 29.0 Å². The van der Waals surface area contributed by atoms with E-state index < -0.39 is 23.8 Å². The number of piperidine rings is 1. The van der Waals surface area contributed by atoms with Crippen molar-refractivity contribution in [1.29, 1.82) is 0 Å². The summed E-state index contributed by atoms with van der Waals surface area (Å²) in [6, 6.07) is 4.04. The van der Waals surface area contributed by atoms with Gasteiger partial charge in [0.2, 0.25) is 18.2 Å². The van der Waals surface area contributed by atoms with Gasteiger partial charge in [-0.15, -0.1) is 0 Å². The predicted octanol–water partition coefficient (Wildman–Crippen LogP) is -0.180. The van der Waals surface area contributed by atoms with E-state index in [4.69, 9.17) is 9.84 Å². The van der Waals surface area contributed by atoms with E-state index in [1.54, 1.807) is 25.1 Å². The molecule has 2 rings (SSSR count). The smallest absolute Gasteiger partial charge is 0.261 e. The molecule has 146 valence electrons. The lowest BCUT2D eigenvalue weighted by atomic mass is 10.0. The van der Waals surface area contributed by atoms with Gasteiger partial charge in [-0.25, -0.2) is 0 Å². The number of benzene rings is 1. The monoisotopic (exact) mass is 377 g/mol. The Morgan fingerprint density at radius 1 is 1.41 bits per heavy atom. The maximum Gasteiger partial charge on any atom is 0.261 e. The first-order chi connectivity index (χ1) is 13.0. The zero-order chi connectivity index (χ0) is 19.8. The van der Waals surface area contributed by atoms with Gasteiger partial charge in [0.15, 0.2) is 0 Å². The summed E-state index contributed by atoms with van der Waals surface area (Å²) in [5.74, 6) is -1.65. The van der Waals surface area contributed by atoms with Gasteiger partial charge in [0.1, 0.15) is 6.04 Å². The van der Waals surface area contributed by atoms with Gasteiger partial charge >= 0.3 is 0 Å². The molecule has 1 heterocycles. The summed E-state index contributed by atoms with van der Waals surface area (Å²) in [6.45, 7) is 2.93. The molecule has 27 heavy (non-hydrogen) atoms. The van der Waals surface area contributed by atoms with Crippen molar-refractivity contribution in [2.75, 3.05) is 31.7 Å². The normalized spacial score (nSPS) is 16.6. The fraction of sp³-hybridized carbons (Fsp3) is 0.444. The summed E-state index contributed by atoms with van der Waals surface area (Å²) in [5, 5.41) is 13.9. The Labute approximate surface area is 156 Å². The van der Waals surface area contributed by atoms with Crippen LogP contribution in [-0.2, 0) is 19.1 Å². The minimum atomic E-state index is -0.992. The molecular formula is C18H23N3O6. The lowest BCUT2D eigenvalue weighted by Crippen LogP contribution is -2.53. The van der Waals surface area contributed by atoms with Gasteiger partial charge in [0, 0.05) is 24.2 Å². The Bertz CT molecular complexity index is 721. The Morgan fingerprint density at radius 2 is 2.19 bits per heavy atom. The molecule has 1 aliphatic rings. The van der Waals surface area contributed by atoms with E-state index in [2.05, 4.69) is 10.6 Å². The fourth-order valence-electron chi connectivity index (χ4n) is 2.80. The maximum absolute atomic E-state index is 12.7. The number of rotatable bonds is 9. The van der Waals surface area contributed by atoms with Crippen LogP contribution in [0.3, 0.4) is 0 Å². The molecule has 9 heteroatoms. The number of hydrogen-bond donors (Lipinski definition) is 3. The average Bonchev–Trinajstić information content (AvgIpc) is 2.63. The van der Waals surface area contributed by atoms with E-state index in [1.165, 1.54) is 0 Å². The number of carbonyl (C=O) groups excluding carboxylic acids is 4. The second-order valence-electron chi connectivity index (χ2n) is 6.08. The van der Waals surface area contributed by atoms with Crippen LogP contribution in [0.1, 0.15) is 28.8 Å². The standard InChI is InChI=1S/C18H23N3O6/c1-12-10-13(19-6-8-27-9-7-22)2-3-14(12)18(26)21(11-23)15-4-5-16(24)20-17(15)25/h2-3,10-11,15,19,22H,4-9H2,1H3,(H,20,24,25). The highest BCUT2D eigenvalue weighted by molar-refractivity contribution is 6.07. The maximum atomic E-state index is 12.7. The van der Waals surface area contributed by atoms with E-state index in [0.717, 1.165) is 10.6 Å². The summed E-state index contributed by atoms with van der Waals surface area (Å²) >= 11 is 0. The summed E-state index contributed by atoms with van der Waals surface area (Å²) in [6.07, 6.45) is 0.516. The number of anilines is 1. The number of hydrogen-bond acceptors (Lipinski definition) is 7. The Kier molecular flexibility index (Phi) is 7.44. The molecule has 3 N–H and O–H groups in total. The Hall–Kier alpha value is -2.78. The van der Waals surface area contributed by atoms with E-state index in [9.17, 15) is 19.2 Å². The van der Waals surface area contributed by atoms with E-state index in [-0.39, 0.29) is 26.1 Å². The molecule has 0 saturated carbocycles. The van der Waals surface area contributed by atoms with Gasteiger partial charge in [0.05, 0.1) is 19.8 Å². The lowest BCUT2D eigenvalue weighted by Gasteiger charge is -2.28. The van der Waals surface area contributed by atoms with Crippen LogP contribution in [-0.4, -0.2) is 66.5 Å². The molecule has 9 nitrogen and oxygen atoms in total. The molecule has 0 bridgehead atoms. The number of amides is 4. The van der Waals surface area contributed by atoms with Gasteiger partial charge < -0.3 is 15.2 Å². The van der Waals surface area contributed by atoms with Crippen molar-refractivity contribution in [3.8, 4) is 0 Å². The molecule has 1 unspecified atom stereocenters. The zero-order valence-corrected chi connectivity index (χ0v) is 15.1. The lowest BCUT2D eigenvalue weighted by molar-refractivity contribution is -0.139. The first-order valence-electron chi connectivity index (χ1n) is 8.62. The third kappa shape index (κ3) is 5.35. The molecule has 1 aromatic carbocycles. The van der Waals surface area contributed by atoms with Crippen LogP contribution in [0.4, 0.5) is 5.69 Å². The van der Waals surface area contributed by atoms with Gasteiger partial charge in [-0.05, 0) is 37.1 Å². The zero-order valence-electron chi connectivity index (χ0n) is 15.1. The number of aliphatic hydroxyl groups is 1. The van der Waals surface area contributed by atoms with Crippen LogP contribution in [0, 0.1) is 6.92 Å². The molecule has 0 aromatic heterocycles.